The van der Waals surface area contributed by atoms with Crippen molar-refractivity contribution in [3.05, 3.63) is 11.2 Å². The van der Waals surface area contributed by atoms with Gasteiger partial charge in [-0.1, -0.05) is 18.0 Å². The number of aromatic nitrogens is 2. The molecule has 0 radical (unpaired) electrons. The Morgan fingerprint density at radius 1 is 1.61 bits per heavy atom. The number of anilines is 1. The second-order valence-electron chi connectivity index (χ2n) is 4.18. The molecule has 1 aromatic heterocycles. The highest BCUT2D eigenvalue weighted by Crippen LogP contribution is 2.30. The van der Waals surface area contributed by atoms with Gasteiger partial charge in [0.1, 0.15) is 5.02 Å². The van der Waals surface area contributed by atoms with Gasteiger partial charge in [-0.25, -0.2) is 4.98 Å². The van der Waals surface area contributed by atoms with Gasteiger partial charge in [-0.15, -0.1) is 0 Å². The number of aliphatic carboxylic acids is 1. The van der Waals surface area contributed by atoms with E-state index < -0.39 is 11.9 Å². The summed E-state index contributed by atoms with van der Waals surface area (Å²) in [5.41, 5.74) is 0. The lowest BCUT2D eigenvalue weighted by molar-refractivity contribution is -0.141. The first-order valence-corrected chi connectivity index (χ1v) is 6.05. The number of hydrogen-bond acceptors (Lipinski definition) is 5. The fourth-order valence-electron chi connectivity index (χ4n) is 2.15. The lowest BCUT2D eigenvalue weighted by atomic mass is 10.0. The zero-order valence-electron chi connectivity index (χ0n) is 9.89. The number of ether oxygens (including phenoxy) is 1. The van der Waals surface area contributed by atoms with Crippen molar-refractivity contribution in [2.75, 3.05) is 12.4 Å². The fraction of sp³-hybridized carbons (Fsp3) is 0.545. The van der Waals surface area contributed by atoms with Crippen LogP contribution in [-0.2, 0) is 4.79 Å². The standard InChI is InChI=1S/C11H14ClN3O3/c1-18-11-13-5-7(12)9(15-11)14-8-4-2-3-6(8)10(16)17/h5-6,8H,2-4H2,1H3,(H,16,17)(H,13,14,15)/t6-,8+/m0/s1. The quantitative estimate of drug-likeness (QED) is 0.869. The van der Waals surface area contributed by atoms with Gasteiger partial charge >= 0.3 is 12.0 Å². The predicted molar refractivity (Wildman–Crippen MR) is 66.0 cm³/mol. The van der Waals surface area contributed by atoms with Crippen LogP contribution in [0.5, 0.6) is 6.01 Å². The van der Waals surface area contributed by atoms with Gasteiger partial charge in [0.2, 0.25) is 0 Å². The van der Waals surface area contributed by atoms with Crippen LogP contribution in [-0.4, -0.2) is 34.2 Å². The molecule has 1 heterocycles. The number of nitrogens with zero attached hydrogens (tertiary/aromatic N) is 2. The van der Waals surface area contributed by atoms with Crippen LogP contribution in [0.15, 0.2) is 6.20 Å². The first kappa shape index (κ1) is 12.9. The third-order valence-corrected chi connectivity index (χ3v) is 3.34. The second kappa shape index (κ2) is 5.39. The molecular formula is C11H14ClN3O3. The first-order valence-electron chi connectivity index (χ1n) is 5.67. The summed E-state index contributed by atoms with van der Waals surface area (Å²) in [5, 5.41) is 12.5. The third kappa shape index (κ3) is 2.64. The van der Waals surface area contributed by atoms with E-state index >= 15 is 0 Å². The summed E-state index contributed by atoms with van der Waals surface area (Å²) in [5.74, 6) is -0.772. The Balaban J connectivity index is 2.15. The molecule has 0 amide bonds. The topological polar surface area (TPSA) is 84.3 Å². The number of methoxy groups -OCH3 is 1. The molecule has 0 saturated heterocycles. The number of carbonyl (C=O) groups is 1. The van der Waals surface area contributed by atoms with Crippen LogP contribution in [0.3, 0.4) is 0 Å². The van der Waals surface area contributed by atoms with Crippen molar-refractivity contribution in [2.24, 2.45) is 5.92 Å². The van der Waals surface area contributed by atoms with E-state index in [1.54, 1.807) is 0 Å². The van der Waals surface area contributed by atoms with Gasteiger partial charge in [-0.05, 0) is 12.8 Å². The van der Waals surface area contributed by atoms with E-state index in [1.807, 2.05) is 0 Å². The van der Waals surface area contributed by atoms with Crippen LogP contribution in [0.4, 0.5) is 5.82 Å². The van der Waals surface area contributed by atoms with E-state index in [0.29, 0.717) is 17.3 Å². The minimum atomic E-state index is -0.790. The van der Waals surface area contributed by atoms with E-state index in [-0.39, 0.29) is 12.1 Å². The maximum atomic E-state index is 11.1. The van der Waals surface area contributed by atoms with Crippen LogP contribution in [0.25, 0.3) is 0 Å². The number of carboxylic acids is 1. The van der Waals surface area contributed by atoms with Crippen molar-refractivity contribution in [3.8, 4) is 6.01 Å². The molecule has 1 fully saturated rings. The molecule has 1 saturated carbocycles. The maximum Gasteiger partial charge on any atom is 0.318 e. The average molecular weight is 272 g/mol. The van der Waals surface area contributed by atoms with E-state index in [0.717, 1.165) is 12.8 Å². The zero-order chi connectivity index (χ0) is 13.1. The molecule has 2 atom stereocenters. The Morgan fingerprint density at radius 2 is 2.39 bits per heavy atom. The minimum Gasteiger partial charge on any atom is -0.481 e. The minimum absolute atomic E-state index is 0.153. The summed E-state index contributed by atoms with van der Waals surface area (Å²) in [6.07, 6.45) is 3.78. The molecule has 2 N–H and O–H groups in total. The zero-order valence-corrected chi connectivity index (χ0v) is 10.6. The normalized spacial score (nSPS) is 22.8. The van der Waals surface area contributed by atoms with Crippen LogP contribution < -0.4 is 10.1 Å². The average Bonchev–Trinajstić information content (AvgIpc) is 2.80. The van der Waals surface area contributed by atoms with Gasteiger partial charge in [-0.2, -0.15) is 4.98 Å². The summed E-state index contributed by atoms with van der Waals surface area (Å²) < 4.78 is 4.91. The molecular weight excluding hydrogens is 258 g/mol. The Morgan fingerprint density at radius 3 is 3.06 bits per heavy atom. The monoisotopic (exact) mass is 271 g/mol. The highest BCUT2D eigenvalue weighted by atomic mass is 35.5. The largest absolute Gasteiger partial charge is 0.481 e. The Hall–Kier alpha value is -1.56. The van der Waals surface area contributed by atoms with Crippen LogP contribution >= 0.6 is 11.6 Å². The lowest BCUT2D eigenvalue weighted by Crippen LogP contribution is -2.30. The lowest BCUT2D eigenvalue weighted by Gasteiger charge is -2.18. The fourth-order valence-corrected chi connectivity index (χ4v) is 2.30. The third-order valence-electron chi connectivity index (χ3n) is 3.06. The predicted octanol–water partition coefficient (Wildman–Crippen LogP) is 1.80. The highest BCUT2D eigenvalue weighted by molar-refractivity contribution is 6.32. The van der Waals surface area contributed by atoms with Crippen LogP contribution in [0.2, 0.25) is 5.02 Å². The van der Waals surface area contributed by atoms with Crippen molar-refractivity contribution in [2.45, 2.75) is 25.3 Å². The second-order valence-corrected chi connectivity index (χ2v) is 4.59. The van der Waals surface area contributed by atoms with Gasteiger partial charge in [-0.3, -0.25) is 4.79 Å². The van der Waals surface area contributed by atoms with Gasteiger partial charge in [0.15, 0.2) is 5.82 Å². The SMILES string of the molecule is COc1ncc(Cl)c(N[C@@H]2CCC[C@@H]2C(=O)O)n1. The first-order chi connectivity index (χ1) is 8.61. The van der Waals surface area contributed by atoms with Crippen molar-refractivity contribution >= 4 is 23.4 Å². The maximum absolute atomic E-state index is 11.1. The molecule has 0 aromatic carbocycles. The number of rotatable bonds is 4. The molecule has 7 heteroatoms. The summed E-state index contributed by atoms with van der Waals surface area (Å²) in [4.78, 5) is 19.0. The van der Waals surface area contributed by atoms with Gasteiger partial charge in [0.25, 0.3) is 0 Å². The van der Waals surface area contributed by atoms with Gasteiger partial charge < -0.3 is 15.2 Å². The molecule has 0 unspecified atom stereocenters. The molecule has 1 aliphatic rings. The molecule has 1 aliphatic carbocycles. The van der Waals surface area contributed by atoms with Crippen molar-refractivity contribution in [1.29, 1.82) is 0 Å². The number of halogens is 1. The molecule has 18 heavy (non-hydrogen) atoms. The Bertz CT molecular complexity index is 455. The molecule has 0 aliphatic heterocycles. The molecule has 98 valence electrons. The van der Waals surface area contributed by atoms with Crippen LogP contribution in [0.1, 0.15) is 19.3 Å². The van der Waals surface area contributed by atoms with Crippen LogP contribution in [0, 0.1) is 5.92 Å². The van der Waals surface area contributed by atoms with E-state index in [1.165, 1.54) is 13.3 Å². The number of hydrogen-bond donors (Lipinski definition) is 2. The number of carboxylic acid groups (broad SMARTS) is 1. The van der Waals surface area contributed by atoms with Gasteiger partial charge in [0.05, 0.1) is 19.2 Å². The smallest absolute Gasteiger partial charge is 0.318 e. The molecule has 6 nitrogen and oxygen atoms in total. The van der Waals surface area contributed by atoms with Crippen molar-refractivity contribution in [3.63, 3.8) is 0 Å². The Labute approximate surface area is 109 Å². The van der Waals surface area contributed by atoms with E-state index in [9.17, 15) is 4.79 Å². The van der Waals surface area contributed by atoms with Crippen molar-refractivity contribution in [1.82, 2.24) is 9.97 Å². The summed E-state index contributed by atoms with van der Waals surface area (Å²) in [6, 6.07) is 0.0476. The van der Waals surface area contributed by atoms with E-state index in [4.69, 9.17) is 21.4 Å². The summed E-state index contributed by atoms with van der Waals surface area (Å²) in [7, 11) is 1.46. The van der Waals surface area contributed by atoms with Crippen molar-refractivity contribution < 1.29 is 14.6 Å². The molecule has 0 bridgehead atoms. The number of nitrogens with one attached hydrogen (secondary N) is 1. The molecule has 1 aromatic rings. The highest BCUT2D eigenvalue weighted by Gasteiger charge is 2.33. The summed E-state index contributed by atoms with van der Waals surface area (Å²) >= 11 is 5.97. The van der Waals surface area contributed by atoms with E-state index in [2.05, 4.69) is 15.3 Å². The molecule has 2 rings (SSSR count). The summed E-state index contributed by atoms with van der Waals surface area (Å²) in [6.45, 7) is 0. The van der Waals surface area contributed by atoms with Gasteiger partial charge in [0, 0.05) is 6.04 Å². The molecule has 0 spiro atoms. The Kier molecular flexibility index (Phi) is 3.86.